The van der Waals surface area contributed by atoms with Crippen LogP contribution in [0.2, 0.25) is 0 Å². The average Bonchev–Trinajstić information content (AvgIpc) is 2.45. The molecule has 0 radical (unpaired) electrons. The number of ether oxygens (including phenoxy) is 1. The smallest absolute Gasteiger partial charge is 0.218 e. The molecule has 1 aliphatic heterocycles. The van der Waals surface area contributed by atoms with Crippen LogP contribution in [0.5, 0.6) is 0 Å². The summed E-state index contributed by atoms with van der Waals surface area (Å²) in [6.07, 6.45) is 1.59. The van der Waals surface area contributed by atoms with Crippen LogP contribution in [-0.2, 0) is 9.53 Å². The van der Waals surface area contributed by atoms with Crippen molar-refractivity contribution in [1.82, 2.24) is 5.32 Å². The van der Waals surface area contributed by atoms with Crippen LogP contribution in [-0.4, -0.2) is 18.2 Å². The van der Waals surface area contributed by atoms with Crippen LogP contribution in [0.4, 0.5) is 0 Å². The van der Waals surface area contributed by atoms with E-state index >= 15 is 0 Å². The second-order valence-electron chi connectivity index (χ2n) is 1.96. The number of nitrogens with one attached hydrogen (secondary N) is 1. The van der Waals surface area contributed by atoms with E-state index in [1.165, 1.54) is 6.92 Å². The second-order valence-corrected chi connectivity index (χ2v) is 1.96. The fraction of sp³-hybridized carbons (Fsp3) is 0.500. The van der Waals surface area contributed by atoms with Crippen LogP contribution in [0, 0.1) is 0 Å². The molecule has 1 amide bonds. The van der Waals surface area contributed by atoms with Gasteiger partial charge < -0.3 is 10.1 Å². The zero-order valence-corrected chi connectivity index (χ0v) is 5.26. The highest BCUT2D eigenvalue weighted by Crippen LogP contribution is 2.18. The third-order valence-corrected chi connectivity index (χ3v) is 1.10. The van der Waals surface area contributed by atoms with Crippen molar-refractivity contribution < 1.29 is 9.53 Å². The van der Waals surface area contributed by atoms with Crippen LogP contribution < -0.4 is 5.32 Å². The van der Waals surface area contributed by atoms with Crippen molar-refractivity contribution in [2.75, 3.05) is 0 Å². The van der Waals surface area contributed by atoms with E-state index in [-0.39, 0.29) is 18.2 Å². The third-order valence-electron chi connectivity index (χ3n) is 1.10. The zero-order chi connectivity index (χ0) is 6.85. The number of rotatable bonds is 2. The summed E-state index contributed by atoms with van der Waals surface area (Å²) < 4.78 is 4.93. The van der Waals surface area contributed by atoms with Crippen LogP contribution in [0.15, 0.2) is 12.7 Å². The summed E-state index contributed by atoms with van der Waals surface area (Å²) in [5.74, 6) is -0.0654. The van der Waals surface area contributed by atoms with Crippen molar-refractivity contribution in [3.05, 3.63) is 12.7 Å². The SMILES string of the molecule is C=CC1OC1NC(C)=O. The molecule has 1 saturated heterocycles. The van der Waals surface area contributed by atoms with Gasteiger partial charge in [-0.3, -0.25) is 4.79 Å². The highest BCUT2D eigenvalue weighted by molar-refractivity contribution is 5.73. The molecule has 2 unspecified atom stereocenters. The van der Waals surface area contributed by atoms with Crippen LogP contribution in [0.3, 0.4) is 0 Å². The van der Waals surface area contributed by atoms with Gasteiger partial charge in [-0.15, -0.1) is 6.58 Å². The molecule has 0 spiro atoms. The van der Waals surface area contributed by atoms with E-state index in [0.29, 0.717) is 0 Å². The molecule has 3 nitrogen and oxygen atoms in total. The van der Waals surface area contributed by atoms with Gasteiger partial charge in [-0.25, -0.2) is 0 Å². The Labute approximate surface area is 53.7 Å². The molecule has 0 aliphatic carbocycles. The molecule has 2 atom stereocenters. The van der Waals surface area contributed by atoms with E-state index in [0.717, 1.165) is 0 Å². The first-order valence-electron chi connectivity index (χ1n) is 2.79. The Hall–Kier alpha value is -0.830. The van der Waals surface area contributed by atoms with Crippen molar-refractivity contribution >= 4 is 5.91 Å². The third kappa shape index (κ3) is 1.54. The van der Waals surface area contributed by atoms with Gasteiger partial charge >= 0.3 is 0 Å². The minimum Gasteiger partial charge on any atom is -0.343 e. The molecule has 50 valence electrons. The highest BCUT2D eigenvalue weighted by Gasteiger charge is 2.36. The van der Waals surface area contributed by atoms with Gasteiger partial charge in [0.1, 0.15) is 6.10 Å². The van der Waals surface area contributed by atoms with Gasteiger partial charge in [0.15, 0.2) is 6.23 Å². The summed E-state index contributed by atoms with van der Waals surface area (Å²) in [6, 6.07) is 0. The molecule has 0 aromatic rings. The molecule has 1 fully saturated rings. The van der Waals surface area contributed by atoms with Gasteiger partial charge in [-0.05, 0) is 0 Å². The Balaban J connectivity index is 2.19. The van der Waals surface area contributed by atoms with Crippen LogP contribution in [0.25, 0.3) is 0 Å². The number of carbonyl (C=O) groups excluding carboxylic acids is 1. The summed E-state index contributed by atoms with van der Waals surface area (Å²) in [4.78, 5) is 10.3. The molecule has 1 rings (SSSR count). The molecule has 9 heavy (non-hydrogen) atoms. The highest BCUT2D eigenvalue weighted by atomic mass is 16.6. The van der Waals surface area contributed by atoms with Crippen LogP contribution in [0.1, 0.15) is 6.92 Å². The van der Waals surface area contributed by atoms with E-state index in [1.807, 2.05) is 0 Å². The van der Waals surface area contributed by atoms with Gasteiger partial charge in [0.05, 0.1) is 0 Å². The first kappa shape index (κ1) is 6.29. The van der Waals surface area contributed by atoms with E-state index < -0.39 is 0 Å². The second kappa shape index (κ2) is 2.19. The fourth-order valence-corrected chi connectivity index (χ4v) is 0.620. The van der Waals surface area contributed by atoms with E-state index in [4.69, 9.17) is 4.74 Å². The predicted octanol–water partition coefficient (Wildman–Crippen LogP) is 0.0334. The number of hydrogen-bond donors (Lipinski definition) is 1. The quantitative estimate of drug-likeness (QED) is 0.420. The largest absolute Gasteiger partial charge is 0.343 e. The summed E-state index contributed by atoms with van der Waals surface area (Å²) >= 11 is 0. The van der Waals surface area contributed by atoms with Crippen molar-refractivity contribution in [3.63, 3.8) is 0 Å². The zero-order valence-electron chi connectivity index (χ0n) is 5.26. The lowest BCUT2D eigenvalue weighted by molar-refractivity contribution is -0.119. The fourth-order valence-electron chi connectivity index (χ4n) is 0.620. The van der Waals surface area contributed by atoms with Gasteiger partial charge in [0, 0.05) is 6.92 Å². The van der Waals surface area contributed by atoms with Gasteiger partial charge in [0.2, 0.25) is 5.91 Å². The maximum absolute atomic E-state index is 10.3. The summed E-state index contributed by atoms with van der Waals surface area (Å²) in [5, 5.41) is 2.59. The van der Waals surface area contributed by atoms with Crippen molar-refractivity contribution in [1.29, 1.82) is 0 Å². The Bertz CT molecular complexity index is 144. The summed E-state index contributed by atoms with van der Waals surface area (Å²) in [5.41, 5.74) is 0. The van der Waals surface area contributed by atoms with Crippen molar-refractivity contribution in [2.24, 2.45) is 0 Å². The van der Waals surface area contributed by atoms with Gasteiger partial charge in [0.25, 0.3) is 0 Å². The topological polar surface area (TPSA) is 41.6 Å². The minimum atomic E-state index is -0.111. The molecule has 1 aliphatic rings. The molecule has 0 saturated carbocycles. The number of epoxide rings is 1. The minimum absolute atomic E-state index is 0.0360. The molecule has 1 N–H and O–H groups in total. The average molecular weight is 127 g/mol. The molecule has 1 heterocycles. The Morgan fingerprint density at radius 3 is 2.89 bits per heavy atom. The number of carbonyl (C=O) groups is 1. The summed E-state index contributed by atoms with van der Waals surface area (Å²) in [7, 11) is 0. The molecule has 0 aromatic heterocycles. The number of hydrogen-bond acceptors (Lipinski definition) is 2. The molecule has 0 bridgehead atoms. The Morgan fingerprint density at radius 1 is 1.89 bits per heavy atom. The number of amides is 1. The lowest BCUT2D eigenvalue weighted by Gasteiger charge is -1.90. The first-order chi connectivity index (χ1) is 4.24. The predicted molar refractivity (Wildman–Crippen MR) is 32.7 cm³/mol. The molecule has 3 heteroatoms. The Morgan fingerprint density at radius 2 is 2.56 bits per heavy atom. The van der Waals surface area contributed by atoms with E-state index in [2.05, 4.69) is 11.9 Å². The van der Waals surface area contributed by atoms with Gasteiger partial charge in [-0.2, -0.15) is 0 Å². The van der Waals surface area contributed by atoms with E-state index in [9.17, 15) is 4.79 Å². The maximum Gasteiger partial charge on any atom is 0.218 e. The lowest BCUT2D eigenvalue weighted by atomic mass is 10.4. The lowest BCUT2D eigenvalue weighted by Crippen LogP contribution is -2.24. The van der Waals surface area contributed by atoms with Gasteiger partial charge in [-0.1, -0.05) is 6.08 Å². The van der Waals surface area contributed by atoms with E-state index in [1.54, 1.807) is 6.08 Å². The molecule has 0 aromatic carbocycles. The monoisotopic (exact) mass is 127 g/mol. The standard InChI is InChI=1S/C6H9NO2/c1-3-5-6(9-5)7-4(2)8/h3,5-6H,1H2,2H3,(H,7,8). The molecular formula is C6H9NO2. The Kier molecular flexibility index (Phi) is 1.53. The van der Waals surface area contributed by atoms with Crippen molar-refractivity contribution in [2.45, 2.75) is 19.3 Å². The maximum atomic E-state index is 10.3. The van der Waals surface area contributed by atoms with Crippen LogP contribution >= 0.6 is 0 Å². The first-order valence-corrected chi connectivity index (χ1v) is 2.79. The molecular weight excluding hydrogens is 118 g/mol. The summed E-state index contributed by atoms with van der Waals surface area (Å²) in [6.45, 7) is 4.96. The van der Waals surface area contributed by atoms with Crippen molar-refractivity contribution in [3.8, 4) is 0 Å². The normalized spacial score (nSPS) is 31.2.